The normalized spacial score (nSPS) is 13.9. The number of anilines is 3. The molecular weight excluding hydrogens is 270 g/mol. The molecule has 21 heavy (non-hydrogen) atoms. The molecule has 1 heterocycles. The fraction of sp³-hybridized carbons (Fsp3) is 0.769. The third kappa shape index (κ3) is 6.09. The summed E-state index contributed by atoms with van der Waals surface area (Å²) in [6.45, 7) is 5.39. The van der Waals surface area contributed by atoms with Crippen molar-refractivity contribution in [3.63, 3.8) is 0 Å². The quantitative estimate of drug-likeness (QED) is 0.622. The second-order valence-electron chi connectivity index (χ2n) is 5.80. The summed E-state index contributed by atoms with van der Waals surface area (Å²) in [7, 11) is 7.59. The Kier molecular flexibility index (Phi) is 6.10. The Balaban J connectivity index is 2.82. The molecule has 0 aliphatic rings. The molecule has 8 nitrogen and oxygen atoms in total. The Bertz CT molecular complexity index is 448. The summed E-state index contributed by atoms with van der Waals surface area (Å²) in [5.41, 5.74) is -0.868. The Hall–Kier alpha value is -1.67. The van der Waals surface area contributed by atoms with Crippen LogP contribution in [0.2, 0.25) is 0 Å². The average molecular weight is 297 g/mol. The van der Waals surface area contributed by atoms with Crippen LogP contribution in [-0.4, -0.2) is 78.4 Å². The van der Waals surface area contributed by atoms with Crippen LogP contribution < -0.4 is 15.5 Å². The summed E-state index contributed by atoms with van der Waals surface area (Å²) in [5, 5.41) is 16.4. The summed E-state index contributed by atoms with van der Waals surface area (Å²) in [5.74, 6) is 1.53. The largest absolute Gasteiger partial charge is 0.387 e. The molecule has 1 unspecified atom stereocenters. The van der Waals surface area contributed by atoms with E-state index < -0.39 is 5.60 Å². The van der Waals surface area contributed by atoms with Gasteiger partial charge in [0.1, 0.15) is 0 Å². The van der Waals surface area contributed by atoms with Gasteiger partial charge in [-0.15, -0.1) is 0 Å². The van der Waals surface area contributed by atoms with Crippen LogP contribution in [0.1, 0.15) is 13.8 Å². The van der Waals surface area contributed by atoms with E-state index >= 15 is 0 Å². The molecule has 0 fully saturated rings. The van der Waals surface area contributed by atoms with Crippen molar-refractivity contribution in [2.75, 3.05) is 63.4 Å². The minimum Gasteiger partial charge on any atom is -0.387 e. The van der Waals surface area contributed by atoms with Crippen LogP contribution in [0.3, 0.4) is 0 Å². The van der Waals surface area contributed by atoms with Crippen molar-refractivity contribution in [3.8, 4) is 0 Å². The first kappa shape index (κ1) is 17.4. The van der Waals surface area contributed by atoms with E-state index in [1.807, 2.05) is 44.9 Å². The van der Waals surface area contributed by atoms with Gasteiger partial charge < -0.3 is 25.5 Å². The fourth-order valence-corrected chi connectivity index (χ4v) is 1.89. The molecule has 0 bridgehead atoms. The SMILES string of the molecule is CCNc1nc(NCC(C)(O)CN(C)C)nc(N(C)C)n1. The smallest absolute Gasteiger partial charge is 0.231 e. The van der Waals surface area contributed by atoms with Crippen molar-refractivity contribution in [2.45, 2.75) is 19.4 Å². The first-order chi connectivity index (χ1) is 9.73. The van der Waals surface area contributed by atoms with Gasteiger partial charge in [0.25, 0.3) is 0 Å². The molecule has 1 rings (SSSR count). The lowest BCUT2D eigenvalue weighted by atomic mass is 10.1. The van der Waals surface area contributed by atoms with Crippen LogP contribution in [0.4, 0.5) is 17.8 Å². The molecular formula is C13H27N7O. The lowest BCUT2D eigenvalue weighted by molar-refractivity contribution is 0.0458. The highest BCUT2D eigenvalue weighted by Gasteiger charge is 2.21. The Morgan fingerprint density at radius 3 is 2.10 bits per heavy atom. The van der Waals surface area contributed by atoms with Gasteiger partial charge in [0.2, 0.25) is 17.8 Å². The molecule has 0 aliphatic heterocycles. The van der Waals surface area contributed by atoms with Gasteiger partial charge >= 0.3 is 0 Å². The summed E-state index contributed by atoms with van der Waals surface area (Å²) in [4.78, 5) is 16.7. The second-order valence-corrected chi connectivity index (χ2v) is 5.80. The Morgan fingerprint density at radius 1 is 1.05 bits per heavy atom. The summed E-state index contributed by atoms with van der Waals surface area (Å²) in [6.07, 6.45) is 0. The van der Waals surface area contributed by atoms with E-state index in [9.17, 15) is 5.11 Å². The van der Waals surface area contributed by atoms with E-state index in [4.69, 9.17) is 0 Å². The molecule has 0 saturated carbocycles. The summed E-state index contributed by atoms with van der Waals surface area (Å²) < 4.78 is 0. The predicted molar refractivity (Wildman–Crippen MR) is 86.0 cm³/mol. The number of rotatable bonds is 8. The van der Waals surface area contributed by atoms with Crippen LogP contribution in [0.25, 0.3) is 0 Å². The molecule has 3 N–H and O–H groups in total. The number of hydrogen-bond acceptors (Lipinski definition) is 8. The van der Waals surface area contributed by atoms with Crippen molar-refractivity contribution in [1.29, 1.82) is 0 Å². The van der Waals surface area contributed by atoms with Gasteiger partial charge in [0.05, 0.1) is 5.60 Å². The number of nitrogens with one attached hydrogen (secondary N) is 2. The molecule has 0 amide bonds. The number of aliphatic hydroxyl groups is 1. The van der Waals surface area contributed by atoms with Crippen molar-refractivity contribution >= 4 is 17.8 Å². The fourth-order valence-electron chi connectivity index (χ4n) is 1.89. The highest BCUT2D eigenvalue weighted by atomic mass is 16.3. The predicted octanol–water partition coefficient (Wildman–Crippen LogP) is 0.0939. The Labute approximate surface area is 126 Å². The van der Waals surface area contributed by atoms with Crippen LogP contribution in [0, 0.1) is 0 Å². The molecule has 1 aromatic heterocycles. The van der Waals surface area contributed by atoms with E-state index in [1.54, 1.807) is 6.92 Å². The maximum atomic E-state index is 10.3. The molecule has 0 spiro atoms. The molecule has 0 aromatic carbocycles. The topological polar surface area (TPSA) is 89.4 Å². The molecule has 0 aliphatic carbocycles. The molecule has 0 saturated heterocycles. The van der Waals surface area contributed by atoms with E-state index in [-0.39, 0.29) is 0 Å². The number of hydrogen-bond donors (Lipinski definition) is 3. The maximum absolute atomic E-state index is 10.3. The molecule has 1 atom stereocenters. The molecule has 0 radical (unpaired) electrons. The zero-order valence-electron chi connectivity index (χ0n) is 13.8. The third-order valence-corrected chi connectivity index (χ3v) is 2.64. The van der Waals surface area contributed by atoms with Gasteiger partial charge in [-0.25, -0.2) is 0 Å². The van der Waals surface area contributed by atoms with Gasteiger partial charge in [0.15, 0.2) is 0 Å². The van der Waals surface area contributed by atoms with Gasteiger partial charge in [-0.05, 0) is 27.9 Å². The van der Waals surface area contributed by atoms with Crippen LogP contribution >= 0.6 is 0 Å². The summed E-state index contributed by atoms with van der Waals surface area (Å²) in [6, 6.07) is 0. The number of likely N-dealkylation sites (N-methyl/N-ethyl adjacent to an activating group) is 1. The van der Waals surface area contributed by atoms with Gasteiger partial charge in [0, 0.05) is 33.7 Å². The molecule has 120 valence electrons. The van der Waals surface area contributed by atoms with E-state index in [0.29, 0.717) is 30.9 Å². The number of nitrogens with zero attached hydrogens (tertiary/aromatic N) is 5. The monoisotopic (exact) mass is 297 g/mol. The van der Waals surface area contributed by atoms with Gasteiger partial charge in [-0.2, -0.15) is 15.0 Å². The minimum atomic E-state index is -0.868. The third-order valence-electron chi connectivity index (χ3n) is 2.64. The molecule has 8 heteroatoms. The van der Waals surface area contributed by atoms with Crippen LogP contribution in [0.5, 0.6) is 0 Å². The zero-order chi connectivity index (χ0) is 16.0. The minimum absolute atomic E-state index is 0.355. The average Bonchev–Trinajstić information content (AvgIpc) is 2.35. The lowest BCUT2D eigenvalue weighted by Crippen LogP contribution is -2.43. The summed E-state index contributed by atoms with van der Waals surface area (Å²) >= 11 is 0. The van der Waals surface area contributed by atoms with Crippen LogP contribution in [-0.2, 0) is 0 Å². The van der Waals surface area contributed by atoms with Crippen molar-refractivity contribution in [3.05, 3.63) is 0 Å². The van der Waals surface area contributed by atoms with E-state index in [1.165, 1.54) is 0 Å². The molecule has 1 aromatic rings. The van der Waals surface area contributed by atoms with Crippen LogP contribution in [0.15, 0.2) is 0 Å². The van der Waals surface area contributed by atoms with Gasteiger partial charge in [-0.1, -0.05) is 0 Å². The number of aromatic nitrogens is 3. The van der Waals surface area contributed by atoms with E-state index in [0.717, 1.165) is 6.54 Å². The highest BCUT2D eigenvalue weighted by molar-refractivity contribution is 5.43. The highest BCUT2D eigenvalue weighted by Crippen LogP contribution is 2.13. The second kappa shape index (κ2) is 7.37. The first-order valence-electron chi connectivity index (χ1n) is 7.02. The lowest BCUT2D eigenvalue weighted by Gasteiger charge is -2.27. The zero-order valence-corrected chi connectivity index (χ0v) is 13.8. The standard InChI is InChI=1S/C13H27N7O/c1-7-14-10-16-11(18-12(17-10)20(5)6)15-8-13(2,21)9-19(3)4/h21H,7-9H2,1-6H3,(H2,14,15,16,17,18). The van der Waals surface area contributed by atoms with Crippen molar-refractivity contribution < 1.29 is 5.11 Å². The maximum Gasteiger partial charge on any atom is 0.231 e. The van der Waals surface area contributed by atoms with Gasteiger partial charge in [-0.3, -0.25) is 0 Å². The van der Waals surface area contributed by atoms with Crippen molar-refractivity contribution in [2.24, 2.45) is 0 Å². The van der Waals surface area contributed by atoms with Crippen molar-refractivity contribution in [1.82, 2.24) is 19.9 Å². The first-order valence-corrected chi connectivity index (χ1v) is 7.02. The Morgan fingerprint density at radius 2 is 1.62 bits per heavy atom. The van der Waals surface area contributed by atoms with E-state index in [2.05, 4.69) is 25.6 Å².